The number of halogens is 4. The fourth-order valence-electron chi connectivity index (χ4n) is 2.21. The zero-order chi connectivity index (χ0) is 21.1. The molecule has 0 saturated carbocycles. The molecule has 0 aliphatic heterocycles. The van der Waals surface area contributed by atoms with E-state index in [1.54, 1.807) is 19.1 Å². The molecule has 10 heteroatoms. The first-order valence-electron chi connectivity index (χ1n) is 7.79. The molecular formula is C18H16ClF3N2O3S. The fourth-order valence-corrected chi connectivity index (χ4v) is 3.01. The van der Waals surface area contributed by atoms with Crippen LogP contribution in [0.1, 0.15) is 16.7 Å². The minimum atomic E-state index is -4.53. The molecule has 2 N–H and O–H groups in total. The van der Waals surface area contributed by atoms with Crippen LogP contribution < -0.4 is 10.0 Å². The molecule has 2 rings (SSSR count). The van der Waals surface area contributed by atoms with Crippen LogP contribution in [0.4, 0.5) is 24.5 Å². The molecule has 0 aliphatic rings. The van der Waals surface area contributed by atoms with E-state index >= 15 is 0 Å². The van der Waals surface area contributed by atoms with Crippen molar-refractivity contribution in [1.82, 2.24) is 0 Å². The number of amides is 1. The number of alkyl halides is 3. The zero-order valence-electron chi connectivity index (χ0n) is 14.8. The average molecular weight is 433 g/mol. The van der Waals surface area contributed by atoms with Crippen molar-refractivity contribution in [3.05, 3.63) is 64.2 Å². The monoisotopic (exact) mass is 432 g/mol. The highest BCUT2D eigenvalue weighted by atomic mass is 35.5. The first kappa shape index (κ1) is 21.8. The van der Waals surface area contributed by atoms with Gasteiger partial charge in [0.05, 0.1) is 17.5 Å². The number of aryl methyl sites for hydroxylation is 1. The number of carbonyl (C=O) groups excluding carboxylic acids is 1. The molecule has 0 bridgehead atoms. The van der Waals surface area contributed by atoms with Crippen LogP contribution >= 0.6 is 11.6 Å². The molecule has 0 aromatic heterocycles. The molecule has 0 aliphatic carbocycles. The maximum atomic E-state index is 12.8. The van der Waals surface area contributed by atoms with Crippen molar-refractivity contribution in [2.75, 3.05) is 16.3 Å². The number of rotatable bonds is 5. The second kappa shape index (κ2) is 8.24. The van der Waals surface area contributed by atoms with Gasteiger partial charge in [-0.15, -0.1) is 0 Å². The van der Waals surface area contributed by atoms with E-state index in [0.717, 1.165) is 36.6 Å². The SMILES string of the molecule is Cc1ccc(NC(=O)/C=C/c2cc(C(F)(F)F)ccc2Cl)cc1NS(C)(=O)=O. The van der Waals surface area contributed by atoms with Gasteiger partial charge >= 0.3 is 6.18 Å². The molecule has 28 heavy (non-hydrogen) atoms. The standard InChI is InChI=1S/C18H16ClF3N2O3S/c1-11-3-6-14(10-16(11)24-28(2,26)27)23-17(25)8-4-12-9-13(18(20,21)22)5-7-15(12)19/h3-10,24H,1-2H3,(H,23,25)/b8-4+. The number of benzene rings is 2. The summed E-state index contributed by atoms with van der Waals surface area (Å²) in [5.41, 5.74) is 0.406. The summed E-state index contributed by atoms with van der Waals surface area (Å²) in [6.45, 7) is 1.69. The van der Waals surface area contributed by atoms with Crippen molar-refractivity contribution >= 4 is 45.0 Å². The minimum Gasteiger partial charge on any atom is -0.322 e. The second-order valence-electron chi connectivity index (χ2n) is 5.96. The van der Waals surface area contributed by atoms with Crippen LogP contribution in [0.15, 0.2) is 42.5 Å². The van der Waals surface area contributed by atoms with Gasteiger partial charge < -0.3 is 5.32 Å². The predicted molar refractivity (Wildman–Crippen MR) is 104 cm³/mol. The normalized spacial score (nSPS) is 12.2. The molecule has 2 aromatic carbocycles. The van der Waals surface area contributed by atoms with E-state index in [0.29, 0.717) is 16.9 Å². The third-order valence-corrected chi connectivity index (χ3v) is 4.47. The van der Waals surface area contributed by atoms with Gasteiger partial charge in [0.1, 0.15) is 0 Å². The maximum absolute atomic E-state index is 12.8. The van der Waals surface area contributed by atoms with Gasteiger partial charge in [-0.3, -0.25) is 9.52 Å². The van der Waals surface area contributed by atoms with Crippen molar-refractivity contribution < 1.29 is 26.4 Å². The largest absolute Gasteiger partial charge is 0.416 e. The number of nitrogens with one attached hydrogen (secondary N) is 2. The van der Waals surface area contributed by atoms with Gasteiger partial charge in [0.15, 0.2) is 0 Å². The number of carbonyl (C=O) groups is 1. The molecule has 2 aromatic rings. The Balaban J connectivity index is 2.18. The highest BCUT2D eigenvalue weighted by Crippen LogP contribution is 2.32. The Kier molecular flexibility index (Phi) is 6.41. The number of sulfonamides is 1. The Hall–Kier alpha value is -2.52. The summed E-state index contributed by atoms with van der Waals surface area (Å²) in [6, 6.07) is 7.39. The van der Waals surface area contributed by atoms with E-state index in [9.17, 15) is 26.4 Å². The molecule has 150 valence electrons. The molecule has 1 amide bonds. The van der Waals surface area contributed by atoms with Gasteiger partial charge in [0, 0.05) is 16.8 Å². The fraction of sp³-hybridized carbons (Fsp3) is 0.167. The van der Waals surface area contributed by atoms with Crippen LogP contribution in [0.25, 0.3) is 6.08 Å². The third-order valence-electron chi connectivity index (χ3n) is 3.54. The Bertz CT molecular complexity index is 1030. The Morgan fingerprint density at radius 1 is 1.14 bits per heavy atom. The van der Waals surface area contributed by atoms with Gasteiger partial charge in [-0.05, 0) is 54.5 Å². The average Bonchev–Trinajstić information content (AvgIpc) is 2.55. The Labute approximate surface area is 165 Å². The topological polar surface area (TPSA) is 75.3 Å². The van der Waals surface area contributed by atoms with Gasteiger partial charge in [0.2, 0.25) is 15.9 Å². The molecule has 0 saturated heterocycles. The molecule has 0 atom stereocenters. The van der Waals surface area contributed by atoms with E-state index in [4.69, 9.17) is 11.6 Å². The van der Waals surface area contributed by atoms with Crippen LogP contribution in [0.2, 0.25) is 5.02 Å². The highest BCUT2D eigenvalue weighted by molar-refractivity contribution is 7.92. The van der Waals surface area contributed by atoms with Crippen molar-refractivity contribution in [1.29, 1.82) is 0 Å². The smallest absolute Gasteiger partial charge is 0.322 e. The van der Waals surface area contributed by atoms with Crippen LogP contribution in [0, 0.1) is 6.92 Å². The van der Waals surface area contributed by atoms with E-state index in [1.165, 1.54) is 6.07 Å². The lowest BCUT2D eigenvalue weighted by Gasteiger charge is -2.10. The number of hydrogen-bond acceptors (Lipinski definition) is 3. The molecule has 5 nitrogen and oxygen atoms in total. The first-order valence-corrected chi connectivity index (χ1v) is 10.1. The lowest BCUT2D eigenvalue weighted by atomic mass is 10.1. The zero-order valence-corrected chi connectivity index (χ0v) is 16.3. The van der Waals surface area contributed by atoms with Gasteiger partial charge in [0.25, 0.3) is 0 Å². The van der Waals surface area contributed by atoms with E-state index in [2.05, 4.69) is 10.0 Å². The van der Waals surface area contributed by atoms with Crippen LogP contribution in [-0.4, -0.2) is 20.6 Å². The highest BCUT2D eigenvalue weighted by Gasteiger charge is 2.30. The molecular weight excluding hydrogens is 417 g/mol. The van der Waals surface area contributed by atoms with Gasteiger partial charge in [-0.2, -0.15) is 13.2 Å². The Morgan fingerprint density at radius 3 is 2.43 bits per heavy atom. The predicted octanol–water partition coefficient (Wildman–Crippen LogP) is 4.69. The lowest BCUT2D eigenvalue weighted by molar-refractivity contribution is -0.137. The summed E-state index contributed by atoms with van der Waals surface area (Å²) >= 11 is 5.87. The summed E-state index contributed by atoms with van der Waals surface area (Å²) in [5, 5.41) is 2.57. The molecule has 0 heterocycles. The van der Waals surface area contributed by atoms with Crippen LogP contribution in [0.5, 0.6) is 0 Å². The third kappa shape index (κ3) is 6.28. The van der Waals surface area contributed by atoms with Gasteiger partial charge in [-0.25, -0.2) is 8.42 Å². The lowest BCUT2D eigenvalue weighted by Crippen LogP contribution is -2.12. The molecule has 0 unspecified atom stereocenters. The first-order chi connectivity index (χ1) is 12.8. The van der Waals surface area contributed by atoms with E-state index in [-0.39, 0.29) is 10.6 Å². The summed E-state index contributed by atoms with van der Waals surface area (Å²) in [5.74, 6) is -0.623. The number of hydrogen-bond donors (Lipinski definition) is 2. The Morgan fingerprint density at radius 2 is 1.82 bits per heavy atom. The summed E-state index contributed by atoms with van der Waals surface area (Å²) in [6.07, 6.45) is -1.33. The molecule has 0 fully saturated rings. The van der Waals surface area contributed by atoms with Crippen molar-refractivity contribution in [2.24, 2.45) is 0 Å². The van der Waals surface area contributed by atoms with Crippen LogP contribution in [-0.2, 0) is 21.0 Å². The van der Waals surface area contributed by atoms with Crippen molar-refractivity contribution in [3.63, 3.8) is 0 Å². The van der Waals surface area contributed by atoms with E-state index < -0.39 is 27.7 Å². The molecule has 0 radical (unpaired) electrons. The maximum Gasteiger partial charge on any atom is 0.416 e. The minimum absolute atomic E-state index is 0.0370. The second-order valence-corrected chi connectivity index (χ2v) is 8.12. The van der Waals surface area contributed by atoms with Gasteiger partial charge in [-0.1, -0.05) is 17.7 Å². The summed E-state index contributed by atoms with van der Waals surface area (Å²) < 4.78 is 63.4. The van der Waals surface area contributed by atoms with Crippen molar-refractivity contribution in [2.45, 2.75) is 13.1 Å². The quantitative estimate of drug-likeness (QED) is 0.673. The van der Waals surface area contributed by atoms with E-state index in [1.807, 2.05) is 0 Å². The summed E-state index contributed by atoms with van der Waals surface area (Å²) in [7, 11) is -3.50. The molecule has 0 spiro atoms. The van der Waals surface area contributed by atoms with Crippen molar-refractivity contribution in [3.8, 4) is 0 Å². The summed E-state index contributed by atoms with van der Waals surface area (Å²) in [4.78, 5) is 12.1. The number of anilines is 2. The van der Waals surface area contributed by atoms with Crippen LogP contribution in [0.3, 0.4) is 0 Å².